The Bertz CT molecular complexity index is 438. The summed E-state index contributed by atoms with van der Waals surface area (Å²) in [4.78, 5) is 7.37. The molecule has 1 aromatic carbocycles. The van der Waals surface area contributed by atoms with Crippen molar-refractivity contribution in [2.24, 2.45) is 5.41 Å². The summed E-state index contributed by atoms with van der Waals surface area (Å²) in [5.41, 5.74) is 2.76. The summed E-state index contributed by atoms with van der Waals surface area (Å²) in [5, 5.41) is 0. The lowest BCUT2D eigenvalue weighted by atomic mass is 9.74. The van der Waals surface area contributed by atoms with Crippen LogP contribution < -0.4 is 0 Å². The molecule has 17 heavy (non-hydrogen) atoms. The van der Waals surface area contributed by atoms with E-state index in [9.17, 15) is 0 Å². The molecule has 0 aliphatic carbocycles. The third-order valence-electron chi connectivity index (χ3n) is 3.22. The van der Waals surface area contributed by atoms with E-state index in [2.05, 4.69) is 61.1 Å². The Kier molecular flexibility index (Phi) is 3.32. The number of nitrogens with one attached hydrogen (secondary N) is 1. The first-order valence-corrected chi connectivity index (χ1v) is 6.10. The Morgan fingerprint density at radius 1 is 1.18 bits per heavy atom. The number of nitrogens with zero attached hydrogens (tertiary/aromatic N) is 1. The van der Waals surface area contributed by atoms with Crippen molar-refractivity contribution in [2.75, 3.05) is 0 Å². The molecule has 0 saturated carbocycles. The molecule has 0 radical (unpaired) electrons. The molecular weight excluding hydrogens is 208 g/mol. The minimum atomic E-state index is 0.236. The predicted molar refractivity (Wildman–Crippen MR) is 70.9 cm³/mol. The Labute approximate surface area is 103 Å². The van der Waals surface area contributed by atoms with E-state index in [4.69, 9.17) is 0 Å². The molecule has 0 aliphatic heterocycles. The second kappa shape index (κ2) is 4.74. The lowest BCUT2D eigenvalue weighted by Crippen LogP contribution is -2.20. The van der Waals surface area contributed by atoms with Gasteiger partial charge in [0.2, 0.25) is 0 Å². The topological polar surface area (TPSA) is 28.7 Å². The van der Waals surface area contributed by atoms with Gasteiger partial charge in [0.15, 0.2) is 0 Å². The van der Waals surface area contributed by atoms with Gasteiger partial charge in [-0.15, -0.1) is 0 Å². The van der Waals surface area contributed by atoms with Gasteiger partial charge in [-0.2, -0.15) is 0 Å². The van der Waals surface area contributed by atoms with Crippen LogP contribution in [0.3, 0.4) is 0 Å². The van der Waals surface area contributed by atoms with Gasteiger partial charge in [0.25, 0.3) is 0 Å². The van der Waals surface area contributed by atoms with Crippen molar-refractivity contribution in [2.45, 2.75) is 33.1 Å². The molecule has 1 atom stereocenters. The summed E-state index contributed by atoms with van der Waals surface area (Å²) in [6.07, 6.45) is 4.72. The second-order valence-electron chi connectivity index (χ2n) is 5.59. The van der Waals surface area contributed by atoms with Crippen molar-refractivity contribution in [1.82, 2.24) is 9.97 Å². The normalized spacial score (nSPS) is 13.6. The summed E-state index contributed by atoms with van der Waals surface area (Å²) >= 11 is 0. The fourth-order valence-electron chi connectivity index (χ4n) is 2.22. The molecule has 2 heteroatoms. The monoisotopic (exact) mass is 228 g/mol. The van der Waals surface area contributed by atoms with Crippen molar-refractivity contribution in [3.05, 3.63) is 54.1 Å². The van der Waals surface area contributed by atoms with Crippen LogP contribution in [0.1, 0.15) is 37.9 Å². The van der Waals surface area contributed by atoms with Crippen molar-refractivity contribution in [3.8, 4) is 0 Å². The Balaban J connectivity index is 2.27. The molecule has 90 valence electrons. The lowest BCUT2D eigenvalue weighted by Gasteiger charge is -2.30. The van der Waals surface area contributed by atoms with Gasteiger partial charge in [-0.05, 0) is 23.3 Å². The third-order valence-corrected chi connectivity index (χ3v) is 3.22. The van der Waals surface area contributed by atoms with E-state index < -0.39 is 0 Å². The van der Waals surface area contributed by atoms with Gasteiger partial charge < -0.3 is 4.98 Å². The average molecular weight is 228 g/mol. The Morgan fingerprint density at radius 3 is 2.41 bits per heavy atom. The predicted octanol–water partition coefficient (Wildman–Crippen LogP) is 3.78. The van der Waals surface area contributed by atoms with Crippen LogP contribution in [0.5, 0.6) is 0 Å². The molecule has 1 N–H and O–H groups in total. The van der Waals surface area contributed by atoms with Gasteiger partial charge in [-0.25, -0.2) is 4.98 Å². The van der Waals surface area contributed by atoms with E-state index in [0.717, 1.165) is 12.1 Å². The molecule has 1 aromatic heterocycles. The fraction of sp³-hybridized carbons (Fsp3) is 0.400. The minimum absolute atomic E-state index is 0.236. The standard InChI is InChI=1S/C15H20N2/c1-15(2,3)14(9-13-10-16-11-17-13)12-7-5-4-6-8-12/h4-8,10-11,14H,9H2,1-3H3,(H,16,17). The maximum absolute atomic E-state index is 4.34. The molecule has 0 spiro atoms. The molecule has 0 bridgehead atoms. The summed E-state index contributed by atoms with van der Waals surface area (Å²) in [6.45, 7) is 6.87. The number of H-pyrrole nitrogens is 1. The number of hydrogen-bond donors (Lipinski definition) is 1. The molecule has 2 rings (SSSR count). The Morgan fingerprint density at radius 2 is 1.88 bits per heavy atom. The first kappa shape index (κ1) is 11.9. The second-order valence-corrected chi connectivity index (χ2v) is 5.59. The van der Waals surface area contributed by atoms with Crippen molar-refractivity contribution >= 4 is 0 Å². The molecular formula is C15H20N2. The van der Waals surface area contributed by atoms with Crippen molar-refractivity contribution in [3.63, 3.8) is 0 Å². The largest absolute Gasteiger partial charge is 0.351 e. The summed E-state index contributed by atoms with van der Waals surface area (Å²) in [6, 6.07) is 10.7. The number of benzene rings is 1. The fourth-order valence-corrected chi connectivity index (χ4v) is 2.22. The maximum atomic E-state index is 4.34. The van der Waals surface area contributed by atoms with E-state index in [0.29, 0.717) is 5.92 Å². The maximum Gasteiger partial charge on any atom is 0.0923 e. The molecule has 2 aromatic rings. The minimum Gasteiger partial charge on any atom is -0.351 e. The zero-order valence-corrected chi connectivity index (χ0v) is 10.8. The zero-order chi connectivity index (χ0) is 12.3. The number of aromatic amines is 1. The van der Waals surface area contributed by atoms with Crippen LogP contribution in [-0.4, -0.2) is 9.97 Å². The van der Waals surface area contributed by atoms with Gasteiger partial charge in [0, 0.05) is 6.20 Å². The third kappa shape index (κ3) is 2.96. The molecule has 2 nitrogen and oxygen atoms in total. The van der Waals surface area contributed by atoms with Gasteiger partial charge in [-0.3, -0.25) is 0 Å². The Hall–Kier alpha value is -1.57. The summed E-state index contributed by atoms with van der Waals surface area (Å²) in [7, 11) is 0. The highest BCUT2D eigenvalue weighted by molar-refractivity contribution is 5.23. The summed E-state index contributed by atoms with van der Waals surface area (Å²) < 4.78 is 0. The van der Waals surface area contributed by atoms with Crippen LogP contribution in [0.15, 0.2) is 42.9 Å². The van der Waals surface area contributed by atoms with E-state index in [1.807, 2.05) is 6.20 Å². The van der Waals surface area contributed by atoms with Crippen LogP contribution in [0.25, 0.3) is 0 Å². The van der Waals surface area contributed by atoms with Crippen LogP contribution in [0.2, 0.25) is 0 Å². The van der Waals surface area contributed by atoms with E-state index in [1.54, 1.807) is 6.33 Å². The van der Waals surface area contributed by atoms with Gasteiger partial charge in [0.1, 0.15) is 0 Å². The molecule has 0 aliphatic rings. The summed E-state index contributed by atoms with van der Waals surface area (Å²) in [5.74, 6) is 0.493. The van der Waals surface area contributed by atoms with Gasteiger partial charge in [0.05, 0.1) is 12.0 Å². The molecule has 0 fully saturated rings. The van der Waals surface area contributed by atoms with Crippen LogP contribution in [0.4, 0.5) is 0 Å². The van der Waals surface area contributed by atoms with E-state index >= 15 is 0 Å². The lowest BCUT2D eigenvalue weighted by molar-refractivity contribution is 0.316. The highest BCUT2D eigenvalue weighted by Crippen LogP contribution is 2.37. The molecule has 1 heterocycles. The average Bonchev–Trinajstić information content (AvgIpc) is 2.78. The number of imidazole rings is 1. The highest BCUT2D eigenvalue weighted by Gasteiger charge is 2.26. The van der Waals surface area contributed by atoms with E-state index in [1.165, 1.54) is 5.56 Å². The number of rotatable bonds is 3. The van der Waals surface area contributed by atoms with Gasteiger partial charge in [-0.1, -0.05) is 51.1 Å². The first-order chi connectivity index (χ1) is 8.07. The smallest absolute Gasteiger partial charge is 0.0923 e. The van der Waals surface area contributed by atoms with Gasteiger partial charge >= 0.3 is 0 Å². The van der Waals surface area contributed by atoms with Crippen molar-refractivity contribution < 1.29 is 0 Å². The number of hydrogen-bond acceptors (Lipinski definition) is 1. The molecule has 0 saturated heterocycles. The quantitative estimate of drug-likeness (QED) is 0.851. The molecule has 0 amide bonds. The van der Waals surface area contributed by atoms with Crippen molar-refractivity contribution in [1.29, 1.82) is 0 Å². The highest BCUT2D eigenvalue weighted by atomic mass is 14.9. The first-order valence-electron chi connectivity index (χ1n) is 6.10. The van der Waals surface area contributed by atoms with E-state index in [-0.39, 0.29) is 5.41 Å². The van der Waals surface area contributed by atoms with Crippen LogP contribution in [-0.2, 0) is 6.42 Å². The number of aromatic nitrogens is 2. The van der Waals surface area contributed by atoms with Crippen LogP contribution in [0, 0.1) is 5.41 Å². The van der Waals surface area contributed by atoms with Crippen LogP contribution >= 0.6 is 0 Å². The SMILES string of the molecule is CC(C)(C)C(Cc1c[nH]cn1)c1ccccc1. The molecule has 1 unspecified atom stereocenters. The zero-order valence-electron chi connectivity index (χ0n) is 10.8.